The predicted molar refractivity (Wildman–Crippen MR) is 42.6 cm³/mol. The molecule has 2 unspecified atom stereocenters. The largest absolute Gasteiger partial charge is 0.480 e. The molecule has 0 saturated carbocycles. The molecule has 2 atom stereocenters. The molecule has 1 N–H and O–H groups in total. The van der Waals surface area contributed by atoms with Crippen molar-refractivity contribution in [1.29, 1.82) is 0 Å². The van der Waals surface area contributed by atoms with E-state index < -0.39 is 12.0 Å². The minimum atomic E-state index is -0.895. The summed E-state index contributed by atoms with van der Waals surface area (Å²) in [5, 5.41) is 8.76. The van der Waals surface area contributed by atoms with E-state index >= 15 is 0 Å². The lowest BCUT2D eigenvalue weighted by Gasteiger charge is -2.32. The Morgan fingerprint density at radius 3 is 2.83 bits per heavy atom. The van der Waals surface area contributed by atoms with Gasteiger partial charge in [0.25, 0.3) is 0 Å². The van der Waals surface area contributed by atoms with Crippen molar-refractivity contribution in [2.24, 2.45) is 5.92 Å². The maximum atomic E-state index is 10.7. The third-order valence-electron chi connectivity index (χ3n) is 2.33. The van der Waals surface area contributed by atoms with Gasteiger partial charge in [-0.25, -0.2) is 4.79 Å². The molecule has 1 fully saturated rings. The van der Waals surface area contributed by atoms with Crippen LogP contribution in [0.3, 0.4) is 0 Å². The zero-order valence-corrected chi connectivity index (χ0v) is 7.06. The van der Waals surface area contributed by atoms with Crippen LogP contribution in [-0.2, 0) is 9.59 Å². The van der Waals surface area contributed by atoms with Crippen molar-refractivity contribution in [3.63, 3.8) is 0 Å². The van der Waals surface area contributed by atoms with Gasteiger partial charge in [0, 0.05) is 6.54 Å². The number of carbonyl (C=O) groups excluding carboxylic acids is 1. The van der Waals surface area contributed by atoms with Gasteiger partial charge in [-0.3, -0.25) is 4.79 Å². The highest BCUT2D eigenvalue weighted by Crippen LogP contribution is 2.20. The summed E-state index contributed by atoms with van der Waals surface area (Å²) in [5.74, 6) is -0.490. The number of carbonyl (C=O) groups is 2. The Bertz CT molecular complexity index is 193. The highest BCUT2D eigenvalue weighted by atomic mass is 16.4. The Morgan fingerprint density at radius 2 is 2.33 bits per heavy atom. The zero-order valence-electron chi connectivity index (χ0n) is 7.06. The molecule has 0 aromatic carbocycles. The Balaban J connectivity index is 2.63. The summed E-state index contributed by atoms with van der Waals surface area (Å²) in [5.41, 5.74) is 0. The van der Waals surface area contributed by atoms with Crippen LogP contribution in [0, 0.1) is 5.92 Å². The molecule has 4 nitrogen and oxygen atoms in total. The smallest absolute Gasteiger partial charge is 0.326 e. The van der Waals surface area contributed by atoms with E-state index in [-0.39, 0.29) is 0 Å². The summed E-state index contributed by atoms with van der Waals surface area (Å²) in [6.45, 7) is 2.58. The van der Waals surface area contributed by atoms with Crippen LogP contribution in [0.15, 0.2) is 0 Å². The average molecular weight is 171 g/mol. The molecular weight excluding hydrogens is 158 g/mol. The number of likely N-dealkylation sites (tertiary alicyclic amines) is 1. The molecule has 0 aromatic heterocycles. The second-order valence-corrected chi connectivity index (χ2v) is 3.33. The lowest BCUT2D eigenvalue weighted by Crippen LogP contribution is -2.45. The molecule has 0 spiro atoms. The molecule has 1 rings (SSSR count). The van der Waals surface area contributed by atoms with Gasteiger partial charge in [0.05, 0.1) is 0 Å². The normalized spacial score (nSPS) is 29.9. The van der Waals surface area contributed by atoms with Crippen LogP contribution >= 0.6 is 0 Å². The monoisotopic (exact) mass is 171 g/mol. The minimum Gasteiger partial charge on any atom is -0.480 e. The van der Waals surface area contributed by atoms with Crippen molar-refractivity contribution in [3.05, 3.63) is 0 Å². The summed E-state index contributed by atoms with van der Waals surface area (Å²) >= 11 is 0. The third kappa shape index (κ3) is 1.75. The summed E-state index contributed by atoms with van der Waals surface area (Å²) in [6.07, 6.45) is 2.11. The minimum absolute atomic E-state index is 0.405. The standard InChI is InChI=1S/C8H13NO3/c1-6-2-3-9(5-10)7(4-6)8(11)12/h5-7H,2-4H2,1H3,(H,11,12). The van der Waals surface area contributed by atoms with E-state index in [4.69, 9.17) is 5.11 Å². The van der Waals surface area contributed by atoms with E-state index in [1.165, 1.54) is 4.90 Å². The number of hydrogen-bond acceptors (Lipinski definition) is 2. The number of piperidine rings is 1. The van der Waals surface area contributed by atoms with Crippen molar-refractivity contribution < 1.29 is 14.7 Å². The number of aliphatic carboxylic acids is 1. The lowest BCUT2D eigenvalue weighted by molar-refractivity contribution is -0.148. The van der Waals surface area contributed by atoms with E-state index in [2.05, 4.69) is 0 Å². The summed E-state index contributed by atoms with van der Waals surface area (Å²) in [4.78, 5) is 22.5. The van der Waals surface area contributed by atoms with Crippen LogP contribution in [-0.4, -0.2) is 35.0 Å². The van der Waals surface area contributed by atoms with E-state index in [0.29, 0.717) is 25.3 Å². The number of amides is 1. The molecular formula is C8H13NO3. The van der Waals surface area contributed by atoms with Crippen LogP contribution < -0.4 is 0 Å². The van der Waals surface area contributed by atoms with Gasteiger partial charge in [0.2, 0.25) is 6.41 Å². The zero-order chi connectivity index (χ0) is 9.14. The van der Waals surface area contributed by atoms with E-state index in [1.807, 2.05) is 6.92 Å². The number of rotatable bonds is 2. The van der Waals surface area contributed by atoms with Crippen LogP contribution in [0.2, 0.25) is 0 Å². The highest BCUT2D eigenvalue weighted by Gasteiger charge is 2.30. The Labute approximate surface area is 71.2 Å². The molecule has 1 heterocycles. The summed E-state index contributed by atoms with van der Waals surface area (Å²) < 4.78 is 0. The second-order valence-electron chi connectivity index (χ2n) is 3.33. The molecule has 68 valence electrons. The average Bonchev–Trinajstić information content (AvgIpc) is 2.04. The molecule has 1 amide bonds. The molecule has 12 heavy (non-hydrogen) atoms. The Kier molecular flexibility index (Phi) is 2.68. The number of nitrogens with zero attached hydrogens (tertiary/aromatic N) is 1. The van der Waals surface area contributed by atoms with Gasteiger partial charge in [0.1, 0.15) is 6.04 Å². The molecule has 0 bridgehead atoms. The van der Waals surface area contributed by atoms with Crippen LogP contribution in [0.1, 0.15) is 19.8 Å². The van der Waals surface area contributed by atoms with Crippen molar-refractivity contribution in [2.45, 2.75) is 25.8 Å². The van der Waals surface area contributed by atoms with Crippen molar-refractivity contribution >= 4 is 12.4 Å². The van der Waals surface area contributed by atoms with Crippen LogP contribution in [0.4, 0.5) is 0 Å². The second kappa shape index (κ2) is 3.56. The summed E-state index contributed by atoms with van der Waals surface area (Å²) in [7, 11) is 0. The third-order valence-corrected chi connectivity index (χ3v) is 2.33. The maximum absolute atomic E-state index is 10.7. The molecule has 0 radical (unpaired) electrons. The predicted octanol–water partition coefficient (Wildman–Crippen LogP) is 0.328. The van der Waals surface area contributed by atoms with Crippen molar-refractivity contribution in [1.82, 2.24) is 4.90 Å². The first-order chi connectivity index (χ1) is 5.65. The fraction of sp³-hybridized carbons (Fsp3) is 0.750. The van der Waals surface area contributed by atoms with Crippen molar-refractivity contribution in [2.75, 3.05) is 6.54 Å². The molecule has 1 aliphatic heterocycles. The van der Waals surface area contributed by atoms with E-state index in [1.54, 1.807) is 0 Å². The number of hydrogen-bond donors (Lipinski definition) is 1. The number of carboxylic acid groups (broad SMARTS) is 1. The van der Waals surface area contributed by atoms with E-state index in [9.17, 15) is 9.59 Å². The molecule has 0 aromatic rings. The first-order valence-electron chi connectivity index (χ1n) is 4.09. The topological polar surface area (TPSA) is 57.6 Å². The Hall–Kier alpha value is -1.06. The maximum Gasteiger partial charge on any atom is 0.326 e. The highest BCUT2D eigenvalue weighted by molar-refractivity contribution is 5.76. The van der Waals surface area contributed by atoms with Crippen LogP contribution in [0.25, 0.3) is 0 Å². The molecule has 1 saturated heterocycles. The summed E-state index contributed by atoms with van der Waals surface area (Å²) in [6, 6.07) is -0.605. The first kappa shape index (κ1) is 9.03. The fourth-order valence-corrected chi connectivity index (χ4v) is 1.53. The van der Waals surface area contributed by atoms with Crippen molar-refractivity contribution in [3.8, 4) is 0 Å². The van der Waals surface area contributed by atoms with Gasteiger partial charge >= 0.3 is 5.97 Å². The van der Waals surface area contributed by atoms with Gasteiger partial charge in [-0.2, -0.15) is 0 Å². The lowest BCUT2D eigenvalue weighted by atomic mass is 9.93. The molecule has 0 aliphatic carbocycles. The molecule has 4 heteroatoms. The quantitative estimate of drug-likeness (QED) is 0.609. The fourth-order valence-electron chi connectivity index (χ4n) is 1.53. The first-order valence-corrected chi connectivity index (χ1v) is 4.09. The van der Waals surface area contributed by atoms with Crippen LogP contribution in [0.5, 0.6) is 0 Å². The van der Waals surface area contributed by atoms with Gasteiger partial charge < -0.3 is 10.0 Å². The van der Waals surface area contributed by atoms with Gasteiger partial charge in [0.15, 0.2) is 0 Å². The van der Waals surface area contributed by atoms with Gasteiger partial charge in [-0.05, 0) is 18.8 Å². The molecule has 1 aliphatic rings. The Morgan fingerprint density at radius 1 is 1.67 bits per heavy atom. The SMILES string of the molecule is CC1CCN(C=O)C(C(=O)O)C1. The van der Waals surface area contributed by atoms with Gasteiger partial charge in [-0.1, -0.05) is 6.92 Å². The number of carboxylic acids is 1. The van der Waals surface area contributed by atoms with Gasteiger partial charge in [-0.15, -0.1) is 0 Å². The van der Waals surface area contributed by atoms with E-state index in [0.717, 1.165) is 6.42 Å².